The molecule has 1 amide bonds. The fourth-order valence-electron chi connectivity index (χ4n) is 2.48. The maximum absolute atomic E-state index is 12.5. The van der Waals surface area contributed by atoms with Gasteiger partial charge in [0.1, 0.15) is 5.56 Å². The third-order valence-corrected chi connectivity index (χ3v) is 3.80. The number of pyridine rings is 1. The minimum atomic E-state index is -0.523. The lowest BCUT2D eigenvalue weighted by molar-refractivity contribution is 0.0953. The highest BCUT2D eigenvalue weighted by atomic mass is 16.2. The number of benzene rings is 2. The molecule has 0 aliphatic carbocycles. The second-order valence-corrected chi connectivity index (χ2v) is 5.61. The average Bonchev–Trinajstić information content (AvgIpc) is 2.60. The number of carbonyl (C=O) groups excluding carboxylic acids is 1. The van der Waals surface area contributed by atoms with Crippen LogP contribution >= 0.6 is 0 Å². The van der Waals surface area contributed by atoms with Crippen molar-refractivity contribution in [1.82, 2.24) is 9.99 Å². The molecule has 0 saturated heterocycles. The Morgan fingerprint density at radius 3 is 2.58 bits per heavy atom. The van der Waals surface area contributed by atoms with Crippen molar-refractivity contribution in [3.05, 3.63) is 81.6 Å². The minimum absolute atomic E-state index is 0.0669. The summed E-state index contributed by atoms with van der Waals surface area (Å²) in [6.07, 6.45) is 3.07. The number of hydrazone groups is 1. The lowest BCUT2D eigenvalue weighted by Gasteiger charge is -2.07. The van der Waals surface area contributed by atoms with Gasteiger partial charge in [0.2, 0.25) is 5.43 Å². The van der Waals surface area contributed by atoms with Gasteiger partial charge in [-0.05, 0) is 24.6 Å². The summed E-state index contributed by atoms with van der Waals surface area (Å²) in [6, 6.07) is 14.9. The van der Waals surface area contributed by atoms with Crippen LogP contribution < -0.4 is 10.9 Å². The Kier molecular flexibility index (Phi) is 4.24. The van der Waals surface area contributed by atoms with Gasteiger partial charge in [-0.15, -0.1) is 0 Å². The predicted molar refractivity (Wildman–Crippen MR) is 95.4 cm³/mol. The fraction of sp³-hybridized carbons (Fsp3) is 0.105. The van der Waals surface area contributed by atoms with E-state index in [0.29, 0.717) is 5.39 Å². The normalized spacial score (nSPS) is 11.1. The Hall–Kier alpha value is -3.21. The van der Waals surface area contributed by atoms with Gasteiger partial charge in [-0.3, -0.25) is 9.59 Å². The number of amides is 1. The smallest absolute Gasteiger partial charge is 0.276 e. The van der Waals surface area contributed by atoms with Gasteiger partial charge < -0.3 is 4.57 Å². The maximum Gasteiger partial charge on any atom is 0.276 e. The van der Waals surface area contributed by atoms with E-state index < -0.39 is 5.91 Å². The number of nitrogens with zero attached hydrogens (tertiary/aromatic N) is 2. The molecule has 0 unspecified atom stereocenters. The molecule has 0 atom stereocenters. The highest BCUT2D eigenvalue weighted by Gasteiger charge is 2.13. The van der Waals surface area contributed by atoms with Crippen molar-refractivity contribution in [3.63, 3.8) is 0 Å². The van der Waals surface area contributed by atoms with Crippen LogP contribution in [0.2, 0.25) is 0 Å². The summed E-state index contributed by atoms with van der Waals surface area (Å²) in [5.74, 6) is -0.523. The Bertz CT molecular complexity index is 986. The number of nitrogens with one attached hydrogen (secondary N) is 1. The van der Waals surface area contributed by atoms with E-state index in [4.69, 9.17) is 0 Å². The van der Waals surface area contributed by atoms with Gasteiger partial charge in [0.25, 0.3) is 5.91 Å². The van der Waals surface area contributed by atoms with E-state index in [1.165, 1.54) is 6.20 Å². The van der Waals surface area contributed by atoms with Gasteiger partial charge >= 0.3 is 0 Å². The molecule has 0 bridgehead atoms. The van der Waals surface area contributed by atoms with Crippen LogP contribution in [-0.2, 0) is 7.05 Å². The second-order valence-electron chi connectivity index (χ2n) is 5.61. The highest BCUT2D eigenvalue weighted by Crippen LogP contribution is 2.10. The van der Waals surface area contributed by atoms with Crippen LogP contribution in [0.4, 0.5) is 0 Å². The third-order valence-electron chi connectivity index (χ3n) is 3.80. The summed E-state index contributed by atoms with van der Waals surface area (Å²) < 4.78 is 1.76. The molecule has 0 fully saturated rings. The van der Waals surface area contributed by atoms with Crippen molar-refractivity contribution >= 4 is 23.0 Å². The molecule has 3 aromatic rings. The first kappa shape index (κ1) is 15.7. The topological polar surface area (TPSA) is 63.5 Å². The molecule has 0 radical (unpaired) electrons. The number of hydrogen-bond acceptors (Lipinski definition) is 3. The van der Waals surface area contributed by atoms with Gasteiger partial charge in [0.15, 0.2) is 0 Å². The monoisotopic (exact) mass is 319 g/mol. The molecule has 5 nitrogen and oxygen atoms in total. The van der Waals surface area contributed by atoms with Crippen LogP contribution in [0.3, 0.4) is 0 Å². The zero-order chi connectivity index (χ0) is 17.1. The van der Waals surface area contributed by atoms with E-state index in [-0.39, 0.29) is 11.0 Å². The lowest BCUT2D eigenvalue weighted by Crippen LogP contribution is -2.26. The molecule has 24 heavy (non-hydrogen) atoms. The zero-order valence-corrected chi connectivity index (χ0v) is 13.5. The Morgan fingerprint density at radius 1 is 1.12 bits per heavy atom. The minimum Gasteiger partial charge on any atom is -0.350 e. The van der Waals surface area contributed by atoms with Gasteiger partial charge in [0, 0.05) is 18.6 Å². The van der Waals surface area contributed by atoms with E-state index in [9.17, 15) is 9.59 Å². The molecular weight excluding hydrogens is 302 g/mol. The molecule has 5 heteroatoms. The van der Waals surface area contributed by atoms with Crippen LogP contribution in [0.5, 0.6) is 0 Å². The molecular formula is C19H17N3O2. The first-order chi connectivity index (χ1) is 11.6. The van der Waals surface area contributed by atoms with Crippen molar-refractivity contribution in [3.8, 4) is 0 Å². The number of hydrogen-bond donors (Lipinski definition) is 1. The standard InChI is InChI=1S/C19H17N3O2/c1-13-7-9-14(10-8-13)11-20-21-19(24)16-12-22(2)17-6-4-3-5-15(17)18(16)23/h3-12H,1-2H3,(H,21,24). The van der Waals surface area contributed by atoms with E-state index >= 15 is 0 Å². The SMILES string of the molecule is Cc1ccc(C=NNC(=O)c2cn(C)c3ccccc3c2=O)cc1. The summed E-state index contributed by atoms with van der Waals surface area (Å²) in [6.45, 7) is 2.00. The van der Waals surface area contributed by atoms with Gasteiger partial charge in [-0.25, -0.2) is 5.43 Å². The molecule has 2 aromatic carbocycles. The molecule has 1 N–H and O–H groups in total. The quantitative estimate of drug-likeness (QED) is 0.596. The summed E-state index contributed by atoms with van der Waals surface area (Å²) in [4.78, 5) is 24.7. The van der Waals surface area contributed by atoms with Crippen molar-refractivity contribution < 1.29 is 4.79 Å². The second kappa shape index (κ2) is 6.50. The summed E-state index contributed by atoms with van der Waals surface area (Å²) in [5.41, 5.74) is 4.98. The van der Waals surface area contributed by atoms with Crippen LogP contribution in [-0.4, -0.2) is 16.7 Å². The Balaban J connectivity index is 1.85. The van der Waals surface area contributed by atoms with E-state index in [2.05, 4.69) is 10.5 Å². The molecule has 0 saturated carbocycles. The molecule has 3 rings (SSSR count). The number of rotatable bonds is 3. The van der Waals surface area contributed by atoms with E-state index in [1.807, 2.05) is 43.3 Å². The molecule has 0 aliphatic heterocycles. The molecule has 120 valence electrons. The number of aromatic nitrogens is 1. The number of fused-ring (bicyclic) bond motifs is 1. The first-order valence-corrected chi connectivity index (χ1v) is 7.55. The predicted octanol–water partition coefficient (Wildman–Crippen LogP) is 2.61. The average molecular weight is 319 g/mol. The van der Waals surface area contributed by atoms with E-state index in [1.54, 1.807) is 30.0 Å². The highest BCUT2D eigenvalue weighted by molar-refractivity contribution is 5.97. The van der Waals surface area contributed by atoms with Crippen molar-refractivity contribution in [2.24, 2.45) is 12.1 Å². The lowest BCUT2D eigenvalue weighted by atomic mass is 10.1. The Morgan fingerprint density at radius 2 is 1.83 bits per heavy atom. The molecule has 1 aromatic heterocycles. The molecule has 0 spiro atoms. The van der Waals surface area contributed by atoms with Crippen LogP contribution in [0.25, 0.3) is 10.9 Å². The van der Waals surface area contributed by atoms with E-state index in [0.717, 1.165) is 16.6 Å². The summed E-state index contributed by atoms with van der Waals surface area (Å²) >= 11 is 0. The summed E-state index contributed by atoms with van der Waals surface area (Å²) in [5, 5.41) is 4.44. The largest absolute Gasteiger partial charge is 0.350 e. The maximum atomic E-state index is 12.5. The number of para-hydroxylation sites is 1. The summed E-state index contributed by atoms with van der Waals surface area (Å²) in [7, 11) is 1.80. The first-order valence-electron chi connectivity index (χ1n) is 7.55. The molecule has 0 aliphatic rings. The van der Waals surface area contributed by atoms with Gasteiger partial charge in [-0.1, -0.05) is 42.0 Å². The van der Waals surface area contributed by atoms with Gasteiger partial charge in [-0.2, -0.15) is 5.10 Å². The number of aryl methyl sites for hydroxylation is 2. The molecule has 1 heterocycles. The fourth-order valence-corrected chi connectivity index (χ4v) is 2.48. The van der Waals surface area contributed by atoms with Gasteiger partial charge in [0.05, 0.1) is 11.7 Å². The van der Waals surface area contributed by atoms with Crippen LogP contribution in [0.1, 0.15) is 21.5 Å². The van der Waals surface area contributed by atoms with Crippen LogP contribution in [0.15, 0.2) is 64.6 Å². The Labute approximate surface area is 139 Å². The van der Waals surface area contributed by atoms with Crippen molar-refractivity contribution in [2.45, 2.75) is 6.92 Å². The van der Waals surface area contributed by atoms with Crippen molar-refractivity contribution in [2.75, 3.05) is 0 Å². The third kappa shape index (κ3) is 3.10. The number of carbonyl (C=O) groups is 1. The van der Waals surface area contributed by atoms with Crippen molar-refractivity contribution in [1.29, 1.82) is 0 Å². The van der Waals surface area contributed by atoms with Crippen LogP contribution in [0, 0.1) is 6.92 Å². The zero-order valence-electron chi connectivity index (χ0n) is 13.5.